The van der Waals surface area contributed by atoms with Crippen LogP contribution in [0.15, 0.2) is 36.4 Å². The molecule has 0 saturated carbocycles. The molecule has 3 amide bonds. The van der Waals surface area contributed by atoms with Gasteiger partial charge in [0, 0.05) is 22.9 Å². The molecule has 5 N–H and O–H groups in total. The van der Waals surface area contributed by atoms with Crippen LogP contribution < -0.4 is 16.4 Å². The van der Waals surface area contributed by atoms with Crippen molar-refractivity contribution in [2.24, 2.45) is 5.73 Å². The summed E-state index contributed by atoms with van der Waals surface area (Å²) in [7, 11) is 0. The molecule has 1 aliphatic heterocycles. The van der Waals surface area contributed by atoms with Crippen molar-refractivity contribution >= 4 is 41.1 Å². The Morgan fingerprint density at radius 2 is 1.50 bits per heavy atom. The number of nitrogens with one attached hydrogen (secondary N) is 2. The normalized spacial score (nSPS) is 25.7. The molecule has 2 aliphatic carbocycles. The fraction of sp³-hybridized carbons (Fsp3) is 0.348. The first-order valence-corrected chi connectivity index (χ1v) is 11.1. The van der Waals surface area contributed by atoms with Crippen molar-refractivity contribution in [1.29, 1.82) is 0 Å². The molecule has 0 bridgehead atoms. The number of fused-ring (bicyclic) bond motifs is 2. The van der Waals surface area contributed by atoms with Crippen LogP contribution in [-0.4, -0.2) is 34.1 Å². The van der Waals surface area contributed by atoms with Crippen LogP contribution in [0.4, 0.5) is 4.79 Å². The molecule has 9 heteroatoms. The van der Waals surface area contributed by atoms with Gasteiger partial charge in [-0.1, -0.05) is 47.5 Å². The fourth-order valence-corrected chi connectivity index (χ4v) is 5.21. The first kappa shape index (κ1) is 22.6. The molecule has 0 aromatic heterocycles. The highest BCUT2D eigenvalue weighted by atomic mass is 35.5. The second-order valence-corrected chi connectivity index (χ2v) is 9.37. The van der Waals surface area contributed by atoms with Crippen LogP contribution in [0, 0.1) is 0 Å². The van der Waals surface area contributed by atoms with Gasteiger partial charge in [-0.05, 0) is 60.1 Å². The maximum Gasteiger partial charge on any atom is 0.324 e. The minimum absolute atomic E-state index is 0.229. The number of imide groups is 1. The summed E-state index contributed by atoms with van der Waals surface area (Å²) in [5.41, 5.74) is 8.06. The van der Waals surface area contributed by atoms with E-state index < -0.39 is 23.1 Å². The number of hydrogen-bond acceptors (Lipinski definition) is 4. The van der Waals surface area contributed by atoms with Gasteiger partial charge < -0.3 is 16.2 Å². The highest BCUT2D eigenvalue weighted by molar-refractivity contribution is 6.31. The maximum atomic E-state index is 11.8. The molecule has 5 rings (SSSR count). The molecule has 1 saturated heterocycles. The van der Waals surface area contributed by atoms with E-state index in [9.17, 15) is 14.4 Å². The number of amides is 3. The average molecular weight is 476 g/mol. The number of nitrogens with two attached hydrogens (primary N) is 1. The number of benzene rings is 2. The van der Waals surface area contributed by atoms with Gasteiger partial charge in [0.1, 0.15) is 11.1 Å². The molecule has 2 atom stereocenters. The van der Waals surface area contributed by atoms with E-state index in [1.54, 1.807) is 0 Å². The summed E-state index contributed by atoms with van der Waals surface area (Å²) in [6.07, 6.45) is 3.26. The third-order valence-corrected chi connectivity index (χ3v) is 7.20. The minimum Gasteiger partial charge on any atom is -0.480 e. The molecule has 7 nitrogen and oxygen atoms in total. The number of carboxylic acid groups (broad SMARTS) is 1. The van der Waals surface area contributed by atoms with Crippen LogP contribution in [0.5, 0.6) is 0 Å². The quantitative estimate of drug-likeness (QED) is 0.472. The number of carbonyl (C=O) groups excluding carboxylic acids is 2. The lowest BCUT2D eigenvalue weighted by Crippen LogP contribution is -2.52. The van der Waals surface area contributed by atoms with Gasteiger partial charge >= 0.3 is 12.0 Å². The summed E-state index contributed by atoms with van der Waals surface area (Å²) in [4.78, 5) is 34.1. The first-order chi connectivity index (χ1) is 15.1. The molecule has 1 spiro atoms. The van der Waals surface area contributed by atoms with Gasteiger partial charge in [-0.3, -0.25) is 14.9 Å². The van der Waals surface area contributed by atoms with Crippen molar-refractivity contribution in [2.45, 2.75) is 49.6 Å². The zero-order valence-electron chi connectivity index (χ0n) is 17.2. The number of carbonyl (C=O) groups is 3. The van der Waals surface area contributed by atoms with Crippen LogP contribution in [0.25, 0.3) is 0 Å². The molecule has 1 heterocycles. The lowest BCUT2D eigenvalue weighted by atomic mass is 9.78. The van der Waals surface area contributed by atoms with Crippen LogP contribution >= 0.6 is 23.2 Å². The minimum atomic E-state index is -1.13. The van der Waals surface area contributed by atoms with E-state index in [0.29, 0.717) is 43.5 Å². The van der Waals surface area contributed by atoms with Crippen LogP contribution in [0.2, 0.25) is 10.0 Å². The molecule has 1 fully saturated rings. The summed E-state index contributed by atoms with van der Waals surface area (Å²) in [5, 5.41) is 15.5. The molecule has 2 aromatic rings. The Morgan fingerprint density at radius 3 is 2.03 bits per heavy atom. The van der Waals surface area contributed by atoms with E-state index in [0.717, 1.165) is 27.3 Å². The number of halogens is 2. The van der Waals surface area contributed by atoms with E-state index in [-0.39, 0.29) is 5.91 Å². The van der Waals surface area contributed by atoms with Crippen molar-refractivity contribution in [3.05, 3.63) is 68.7 Å². The Morgan fingerprint density at radius 1 is 0.938 bits per heavy atom. The highest BCUT2D eigenvalue weighted by Crippen LogP contribution is 2.34. The lowest BCUT2D eigenvalue weighted by Gasteiger charge is -2.32. The molecule has 168 valence electrons. The van der Waals surface area contributed by atoms with Crippen molar-refractivity contribution in [2.75, 3.05) is 0 Å². The number of carboxylic acids is 1. The van der Waals surface area contributed by atoms with E-state index >= 15 is 0 Å². The zero-order valence-corrected chi connectivity index (χ0v) is 18.7. The van der Waals surface area contributed by atoms with Gasteiger partial charge in [0.25, 0.3) is 5.91 Å². The SMILES string of the molecule is NC1(C(=O)O)CCc2c(Cl)cccc2C1.O=C1NC(=O)C2(CCc3c(Cl)cccc3C2)N1. The second-order valence-electron chi connectivity index (χ2n) is 8.56. The van der Waals surface area contributed by atoms with Crippen LogP contribution in [0.3, 0.4) is 0 Å². The summed E-state index contributed by atoms with van der Waals surface area (Å²) in [6.45, 7) is 0. The predicted molar refractivity (Wildman–Crippen MR) is 121 cm³/mol. The molecule has 0 radical (unpaired) electrons. The largest absolute Gasteiger partial charge is 0.480 e. The van der Waals surface area contributed by atoms with Crippen molar-refractivity contribution in [1.82, 2.24) is 10.6 Å². The van der Waals surface area contributed by atoms with Gasteiger partial charge in [-0.15, -0.1) is 0 Å². The van der Waals surface area contributed by atoms with Gasteiger partial charge in [-0.25, -0.2) is 4.79 Å². The lowest BCUT2D eigenvalue weighted by molar-refractivity contribution is -0.143. The molecule has 32 heavy (non-hydrogen) atoms. The van der Waals surface area contributed by atoms with E-state index in [2.05, 4.69) is 10.6 Å². The van der Waals surface area contributed by atoms with Gasteiger partial charge in [0.15, 0.2) is 0 Å². The van der Waals surface area contributed by atoms with Crippen molar-refractivity contribution in [3.63, 3.8) is 0 Å². The smallest absolute Gasteiger partial charge is 0.324 e. The maximum absolute atomic E-state index is 11.8. The van der Waals surface area contributed by atoms with Gasteiger partial charge in [0.2, 0.25) is 0 Å². The summed E-state index contributed by atoms with van der Waals surface area (Å²) in [5.74, 6) is -1.17. The van der Waals surface area contributed by atoms with Crippen LogP contribution in [0.1, 0.15) is 35.1 Å². The Labute approximate surface area is 195 Å². The van der Waals surface area contributed by atoms with Gasteiger partial charge in [-0.2, -0.15) is 0 Å². The Hall–Kier alpha value is -2.61. The topological polar surface area (TPSA) is 122 Å². The third-order valence-electron chi connectivity index (χ3n) is 6.49. The average Bonchev–Trinajstić information content (AvgIpc) is 3.00. The third kappa shape index (κ3) is 4.08. The summed E-state index contributed by atoms with van der Waals surface area (Å²) < 4.78 is 0. The number of urea groups is 1. The molecule has 3 aliphatic rings. The monoisotopic (exact) mass is 475 g/mol. The number of hydrogen-bond donors (Lipinski definition) is 4. The van der Waals surface area contributed by atoms with Crippen LogP contribution in [-0.2, 0) is 35.3 Å². The second kappa shape index (κ2) is 8.39. The van der Waals surface area contributed by atoms with Crippen molar-refractivity contribution in [3.8, 4) is 0 Å². The molecular weight excluding hydrogens is 453 g/mol. The zero-order chi connectivity index (χ0) is 23.1. The van der Waals surface area contributed by atoms with Crippen molar-refractivity contribution < 1.29 is 19.5 Å². The number of aliphatic carboxylic acids is 1. The predicted octanol–water partition coefficient (Wildman–Crippen LogP) is 3.02. The highest BCUT2D eigenvalue weighted by Gasteiger charge is 2.48. The van der Waals surface area contributed by atoms with E-state index in [1.165, 1.54) is 0 Å². The molecule has 2 aromatic carbocycles. The fourth-order valence-electron chi connectivity index (χ4n) is 4.64. The van der Waals surface area contributed by atoms with E-state index in [1.807, 2.05) is 36.4 Å². The number of rotatable bonds is 1. The Bertz CT molecular complexity index is 1120. The molecular formula is C23H23Cl2N3O4. The Kier molecular flexibility index (Phi) is 5.92. The van der Waals surface area contributed by atoms with Gasteiger partial charge in [0.05, 0.1) is 0 Å². The standard InChI is InChI=1S/C12H11ClN2O2.C11H12ClNO2/c13-9-3-1-2-7-6-12(5-4-8(7)9)10(16)14-11(17)15-12;12-9-3-1-2-7-6-11(13,10(14)15)5-4-8(7)9/h1-3H,4-6H2,(H2,14,15,16,17);1-3H,4-6,13H2,(H,14,15). The first-order valence-electron chi connectivity index (χ1n) is 10.3. The summed E-state index contributed by atoms with van der Waals surface area (Å²) >= 11 is 12.1. The van der Waals surface area contributed by atoms with E-state index in [4.69, 9.17) is 34.0 Å². The molecule has 2 unspecified atom stereocenters. The summed E-state index contributed by atoms with van der Waals surface area (Å²) in [6, 6.07) is 10.8. The Balaban J connectivity index is 0.000000155.